The van der Waals surface area contributed by atoms with E-state index >= 15 is 0 Å². The number of aliphatic hydroxyl groups is 3. The predicted octanol–water partition coefficient (Wildman–Crippen LogP) is 20.7. The lowest BCUT2D eigenvalue weighted by molar-refractivity contribution is -0.0719. The molecule has 3 aliphatic heterocycles. The van der Waals surface area contributed by atoms with Gasteiger partial charge in [0.25, 0.3) is 0 Å². The molecule has 0 atom stereocenters. The van der Waals surface area contributed by atoms with Gasteiger partial charge in [0.1, 0.15) is 0 Å². The molecular weight excluding hydrogens is 1030 g/mol. The molecule has 3 N–H and O–H groups in total. The number of likely N-dealkylation sites (tertiary alicyclic amines) is 3. The summed E-state index contributed by atoms with van der Waals surface area (Å²) < 4.78 is 0. The van der Waals surface area contributed by atoms with Gasteiger partial charge in [-0.05, 0) is 261 Å². The van der Waals surface area contributed by atoms with Crippen molar-refractivity contribution in [2.45, 2.75) is 353 Å². The Morgan fingerprint density at radius 2 is 0.488 bits per heavy atom. The van der Waals surface area contributed by atoms with Crippen LogP contribution in [0, 0.1) is 87.3 Å². The average molecular weight is 1180 g/mol. The van der Waals surface area contributed by atoms with Gasteiger partial charge < -0.3 is 30.0 Å². The second-order valence-electron chi connectivity index (χ2n) is 34.2. The molecule has 3 heterocycles. The fourth-order valence-corrected chi connectivity index (χ4v) is 15.7. The quantitative estimate of drug-likeness (QED) is 0.152. The van der Waals surface area contributed by atoms with E-state index < -0.39 is 0 Å². The van der Waals surface area contributed by atoms with Crippen LogP contribution in [-0.2, 0) is 0 Å². The zero-order valence-corrected chi connectivity index (χ0v) is 60.3. The normalized spacial score (nSPS) is 25.9. The van der Waals surface area contributed by atoms with Gasteiger partial charge in [-0.3, -0.25) is 0 Å². The molecular formula is C78H153N3O3. The lowest BCUT2D eigenvalue weighted by Gasteiger charge is -2.47. The van der Waals surface area contributed by atoms with Gasteiger partial charge in [0.15, 0.2) is 0 Å². The van der Waals surface area contributed by atoms with Gasteiger partial charge >= 0.3 is 0 Å². The maximum Gasteiger partial charge on any atom is 0.0672 e. The van der Waals surface area contributed by atoms with Gasteiger partial charge in [0, 0.05) is 19.6 Å². The van der Waals surface area contributed by atoms with Crippen LogP contribution in [0.15, 0.2) is 0 Å². The first-order valence-electron chi connectivity index (χ1n) is 37.9. The van der Waals surface area contributed by atoms with Gasteiger partial charge in [-0.15, -0.1) is 0 Å². The van der Waals surface area contributed by atoms with Crippen LogP contribution in [0.3, 0.4) is 0 Å². The van der Waals surface area contributed by atoms with E-state index in [1.165, 1.54) is 232 Å². The molecule has 84 heavy (non-hydrogen) atoms. The standard InChI is InChI=1S/C13H25N.C12H23N.C11H21N.C8H16O.C8H16.C7H14O.C7H14.C6H12O.C6H12/c1-12(2)13(7-3-4-8-13)11-14-9-5-6-10-14;1-11(2)12(6-5-7-12)10-13-8-3-4-9-13;1-10(2)11(5-6-11)9-12-7-3-4-8-12;1-7(2)8(9)5-3-4-6-8;1-7(2)8-5-3-4-6-8;1-6(2)7(8)4-3-5-7;1-6(2)7-4-3-5-7;1-5(2)6(7)3-4-6;1-5(2)6-3-4-6/h12H,3-11H2,1-2H3;11H,3-10H2,1-2H3;10H,3-9H2,1-2H3;7,9H,3-6H2,1-2H3;7-8H,3-6H2,1-2H3;6,8H,3-5H2,1-2H3;6-7H,3-5H2,1-2H3;5,7H,3-4H2,1-2H3;5-6H,3-4H2,1-2H3. The lowest BCUT2D eigenvalue weighted by atomic mass is 9.62. The topological polar surface area (TPSA) is 70.4 Å². The zero-order valence-electron chi connectivity index (χ0n) is 60.3. The minimum atomic E-state index is -0.306. The highest BCUT2D eigenvalue weighted by Crippen LogP contribution is 2.53. The van der Waals surface area contributed by atoms with Crippen LogP contribution < -0.4 is 0 Å². The van der Waals surface area contributed by atoms with Crippen LogP contribution in [0.5, 0.6) is 0 Å². The highest BCUT2D eigenvalue weighted by atomic mass is 16.3. The lowest BCUT2D eigenvalue weighted by Crippen LogP contribution is -2.44. The van der Waals surface area contributed by atoms with E-state index in [9.17, 15) is 15.3 Å². The Balaban J connectivity index is 0.000000206. The minimum absolute atomic E-state index is 0.250. The number of rotatable bonds is 15. The Bertz CT molecular complexity index is 1660. The van der Waals surface area contributed by atoms with Crippen LogP contribution in [0.1, 0.15) is 337 Å². The molecule has 12 fully saturated rings. The highest BCUT2D eigenvalue weighted by molar-refractivity contribution is 4.99. The van der Waals surface area contributed by atoms with E-state index in [4.69, 9.17) is 0 Å². The van der Waals surface area contributed by atoms with Gasteiger partial charge in [0.2, 0.25) is 0 Å². The molecule has 6 heteroatoms. The average Bonchev–Trinajstić information content (AvgIpc) is 2.37. The van der Waals surface area contributed by atoms with Crippen molar-refractivity contribution in [3.63, 3.8) is 0 Å². The molecule has 0 radical (unpaired) electrons. The van der Waals surface area contributed by atoms with Crippen LogP contribution >= 0.6 is 0 Å². The van der Waals surface area contributed by atoms with Gasteiger partial charge in [-0.2, -0.15) is 0 Å². The Morgan fingerprint density at radius 3 is 0.631 bits per heavy atom. The molecule has 0 spiro atoms. The monoisotopic (exact) mass is 1180 g/mol. The third kappa shape index (κ3) is 25.8. The molecule has 12 rings (SSSR count). The zero-order chi connectivity index (χ0) is 62.4. The molecule has 498 valence electrons. The molecule has 6 nitrogen and oxygen atoms in total. The molecule has 9 saturated carbocycles. The molecule has 0 bridgehead atoms. The van der Waals surface area contributed by atoms with Gasteiger partial charge in [0.05, 0.1) is 16.8 Å². The first-order chi connectivity index (χ1) is 39.6. The first-order valence-corrected chi connectivity index (χ1v) is 37.9. The third-order valence-corrected chi connectivity index (χ3v) is 25.4. The summed E-state index contributed by atoms with van der Waals surface area (Å²) in [5.74, 6) is 10.1. The van der Waals surface area contributed by atoms with E-state index in [1.807, 2.05) is 0 Å². The Hall–Kier alpha value is -0.240. The van der Waals surface area contributed by atoms with E-state index in [2.05, 4.69) is 139 Å². The molecule has 0 aromatic heterocycles. The van der Waals surface area contributed by atoms with E-state index in [1.54, 1.807) is 0 Å². The van der Waals surface area contributed by atoms with Gasteiger partial charge in [-0.25, -0.2) is 0 Å². The number of nitrogens with zero attached hydrogens (tertiary/aromatic N) is 3. The molecule has 0 aromatic carbocycles. The Morgan fingerprint density at radius 1 is 0.250 bits per heavy atom. The summed E-state index contributed by atoms with van der Waals surface area (Å²) in [4.78, 5) is 8.08. The predicted molar refractivity (Wildman–Crippen MR) is 368 cm³/mol. The van der Waals surface area contributed by atoms with Gasteiger partial charge in [-0.1, -0.05) is 202 Å². The van der Waals surface area contributed by atoms with Crippen LogP contribution in [0.25, 0.3) is 0 Å². The van der Waals surface area contributed by atoms with Crippen LogP contribution in [-0.4, -0.2) is 106 Å². The second kappa shape index (κ2) is 36.7. The van der Waals surface area contributed by atoms with E-state index in [-0.39, 0.29) is 16.8 Å². The maximum absolute atomic E-state index is 9.77. The second-order valence-corrected chi connectivity index (χ2v) is 34.2. The highest BCUT2D eigenvalue weighted by Gasteiger charge is 2.47. The maximum atomic E-state index is 9.77. The molecule has 0 unspecified atom stereocenters. The summed E-state index contributed by atoms with van der Waals surface area (Å²) in [6.45, 7) is 53.3. The molecule has 3 saturated heterocycles. The Labute approximate surface area is 526 Å². The van der Waals surface area contributed by atoms with Crippen molar-refractivity contribution >= 4 is 0 Å². The molecule has 12 aliphatic rings. The molecule has 9 aliphatic carbocycles. The van der Waals surface area contributed by atoms with E-state index in [0.717, 1.165) is 97.2 Å². The summed E-state index contributed by atoms with van der Waals surface area (Å²) in [5.41, 5.74) is 1.30. The van der Waals surface area contributed by atoms with Crippen molar-refractivity contribution in [3.05, 3.63) is 0 Å². The van der Waals surface area contributed by atoms with Crippen LogP contribution in [0.4, 0.5) is 0 Å². The van der Waals surface area contributed by atoms with Crippen molar-refractivity contribution in [1.29, 1.82) is 0 Å². The number of hydrogen-bond acceptors (Lipinski definition) is 6. The number of hydrogen-bond donors (Lipinski definition) is 3. The SMILES string of the molecule is CC(C)C1(CN2CCCC2)CC1.CC(C)C1(CN2CCCC2)CCC1.CC(C)C1(CN2CCCC2)CCCC1.CC(C)C1(O)CC1.CC(C)C1(O)CCC1.CC(C)C1(O)CCCC1.CC(C)C1CC1.CC(C)C1CCC1.CC(C)C1CCCC1. The summed E-state index contributed by atoms with van der Waals surface area (Å²) >= 11 is 0. The Kier molecular flexibility index (Phi) is 33.3. The van der Waals surface area contributed by atoms with Crippen molar-refractivity contribution < 1.29 is 15.3 Å². The summed E-state index contributed by atoms with van der Waals surface area (Å²) in [7, 11) is 0. The van der Waals surface area contributed by atoms with Crippen molar-refractivity contribution in [3.8, 4) is 0 Å². The fraction of sp³-hybridized carbons (Fsp3) is 1.00. The van der Waals surface area contributed by atoms with Crippen molar-refractivity contribution in [1.82, 2.24) is 14.7 Å². The minimum Gasteiger partial charge on any atom is -0.390 e. The van der Waals surface area contributed by atoms with Crippen LogP contribution in [0.2, 0.25) is 0 Å². The molecule has 0 amide bonds. The smallest absolute Gasteiger partial charge is 0.0672 e. The summed E-state index contributed by atoms with van der Waals surface area (Å²) in [6.07, 6.45) is 45.2. The fourth-order valence-electron chi connectivity index (χ4n) is 15.7. The van der Waals surface area contributed by atoms with Crippen molar-refractivity contribution in [2.24, 2.45) is 87.3 Å². The largest absolute Gasteiger partial charge is 0.390 e. The summed E-state index contributed by atoms with van der Waals surface area (Å²) in [6, 6.07) is 0. The van der Waals surface area contributed by atoms with E-state index in [0.29, 0.717) is 28.6 Å². The molecule has 0 aromatic rings. The first kappa shape index (κ1) is 76.2. The summed E-state index contributed by atoms with van der Waals surface area (Å²) in [5, 5.41) is 28.5. The van der Waals surface area contributed by atoms with Crippen molar-refractivity contribution in [2.75, 3.05) is 58.9 Å². The third-order valence-electron chi connectivity index (χ3n) is 25.4.